The lowest BCUT2D eigenvalue weighted by molar-refractivity contribution is 0.463. The molecule has 0 aliphatic heterocycles. The zero-order valence-corrected chi connectivity index (χ0v) is 26.1. The number of aryl methyl sites for hydroxylation is 2. The summed E-state index contributed by atoms with van der Waals surface area (Å²) in [7, 11) is 0. The molecule has 0 saturated carbocycles. The molecule has 0 atom stereocenters. The van der Waals surface area contributed by atoms with Gasteiger partial charge in [-0.15, -0.1) is 0 Å². The Bertz CT molecular complexity index is 1460. The van der Waals surface area contributed by atoms with Crippen molar-refractivity contribution in [2.75, 3.05) is 0 Å². The maximum atomic E-state index is 11.1. The molecule has 0 fully saturated rings. The van der Waals surface area contributed by atoms with E-state index < -0.39 is 0 Å². The van der Waals surface area contributed by atoms with Crippen LogP contribution in [-0.2, 0) is 12.8 Å². The Balaban J connectivity index is 1.80. The molecule has 4 aromatic rings. The Morgan fingerprint density at radius 3 is 1.38 bits per heavy atom. The van der Waals surface area contributed by atoms with Crippen LogP contribution in [0.25, 0.3) is 10.8 Å². The van der Waals surface area contributed by atoms with Crippen molar-refractivity contribution >= 4 is 34.6 Å². The van der Waals surface area contributed by atoms with E-state index in [0.717, 1.165) is 71.6 Å². The third kappa shape index (κ3) is 7.47. The maximum absolute atomic E-state index is 11.1. The lowest BCUT2D eigenvalue weighted by Gasteiger charge is -2.14. The molecule has 0 amide bonds. The molecule has 4 heteroatoms. The predicted octanol–water partition coefficient (Wildman–Crippen LogP) is 10.7. The van der Waals surface area contributed by atoms with Crippen molar-refractivity contribution in [3.63, 3.8) is 0 Å². The quantitative estimate of drug-likeness (QED) is 0.169. The Hall–Kier alpha value is -3.92. The van der Waals surface area contributed by atoms with E-state index in [2.05, 4.69) is 77.9 Å². The van der Waals surface area contributed by atoms with Crippen molar-refractivity contribution in [1.29, 1.82) is 0 Å². The van der Waals surface area contributed by atoms with Gasteiger partial charge in [0.05, 0.1) is 11.4 Å². The molecular weight excluding hydrogens is 516 g/mol. The maximum Gasteiger partial charge on any atom is 0.127 e. The summed E-state index contributed by atoms with van der Waals surface area (Å²) in [5.74, 6) is 0.983. The van der Waals surface area contributed by atoms with Crippen LogP contribution in [0.2, 0.25) is 0 Å². The van der Waals surface area contributed by atoms with Gasteiger partial charge in [0.25, 0.3) is 0 Å². The van der Waals surface area contributed by atoms with Gasteiger partial charge in [0.15, 0.2) is 0 Å². The highest BCUT2D eigenvalue weighted by molar-refractivity contribution is 5.96. The van der Waals surface area contributed by atoms with Gasteiger partial charge < -0.3 is 10.2 Å². The second-order valence-electron chi connectivity index (χ2n) is 12.0. The molecule has 0 heterocycles. The van der Waals surface area contributed by atoms with Crippen molar-refractivity contribution < 1.29 is 10.2 Å². The van der Waals surface area contributed by atoms with Crippen LogP contribution in [0.15, 0.2) is 70.6 Å². The van der Waals surface area contributed by atoms with Gasteiger partial charge in [-0.25, -0.2) is 0 Å². The van der Waals surface area contributed by atoms with Crippen molar-refractivity contribution in [3.8, 4) is 11.5 Å². The first-order valence-corrected chi connectivity index (χ1v) is 15.5. The number of phenolic OH excluding ortho intramolecular Hbond substituents is 2. The van der Waals surface area contributed by atoms with Crippen molar-refractivity contribution in [3.05, 3.63) is 94.0 Å². The first-order valence-electron chi connectivity index (χ1n) is 15.5. The van der Waals surface area contributed by atoms with Gasteiger partial charge in [-0.1, -0.05) is 90.8 Å². The second kappa shape index (κ2) is 14.3. The molecule has 220 valence electrons. The van der Waals surface area contributed by atoms with Crippen LogP contribution in [0, 0.1) is 0 Å². The number of aromatic hydroxyl groups is 2. The molecule has 0 aliphatic rings. The van der Waals surface area contributed by atoms with Crippen LogP contribution in [0.3, 0.4) is 0 Å². The zero-order valence-electron chi connectivity index (χ0n) is 26.1. The van der Waals surface area contributed by atoms with Crippen LogP contribution in [-0.4, -0.2) is 22.6 Å². The van der Waals surface area contributed by atoms with Crippen LogP contribution >= 0.6 is 0 Å². The van der Waals surface area contributed by atoms with Gasteiger partial charge in [0.2, 0.25) is 0 Å². The molecular formula is C38H46N2O2. The summed E-state index contributed by atoms with van der Waals surface area (Å²) < 4.78 is 0. The lowest BCUT2D eigenvalue weighted by Crippen LogP contribution is -1.97. The molecule has 0 saturated heterocycles. The molecule has 2 N–H and O–H groups in total. The minimum Gasteiger partial charge on any atom is -0.507 e. The van der Waals surface area contributed by atoms with Gasteiger partial charge in [0, 0.05) is 23.6 Å². The minimum atomic E-state index is 0.205. The average molecular weight is 563 g/mol. The van der Waals surface area contributed by atoms with Crippen LogP contribution in [0.4, 0.5) is 11.4 Å². The molecule has 0 bridgehead atoms. The number of phenols is 2. The monoisotopic (exact) mass is 562 g/mol. The summed E-state index contributed by atoms with van der Waals surface area (Å²) in [6, 6.07) is 20.6. The lowest BCUT2D eigenvalue weighted by atomic mass is 9.94. The Morgan fingerprint density at radius 2 is 1.02 bits per heavy atom. The van der Waals surface area contributed by atoms with Gasteiger partial charge in [-0.2, -0.15) is 0 Å². The summed E-state index contributed by atoms with van der Waals surface area (Å²) in [4.78, 5) is 9.77. The van der Waals surface area contributed by atoms with E-state index in [1.807, 2.05) is 24.3 Å². The molecule has 0 spiro atoms. The Labute approximate surface area is 251 Å². The van der Waals surface area contributed by atoms with E-state index in [9.17, 15) is 10.2 Å². The van der Waals surface area contributed by atoms with Gasteiger partial charge in [-0.3, -0.25) is 9.98 Å². The summed E-state index contributed by atoms with van der Waals surface area (Å²) in [6.07, 6.45) is 9.93. The fourth-order valence-electron chi connectivity index (χ4n) is 5.32. The van der Waals surface area contributed by atoms with Crippen molar-refractivity contribution in [2.24, 2.45) is 9.98 Å². The molecule has 4 aromatic carbocycles. The van der Waals surface area contributed by atoms with Crippen molar-refractivity contribution in [1.82, 2.24) is 0 Å². The number of fused-ring (bicyclic) bond motifs is 1. The third-order valence-electron chi connectivity index (χ3n) is 7.87. The van der Waals surface area contributed by atoms with Crippen LogP contribution in [0.1, 0.15) is 112 Å². The molecule has 0 aliphatic carbocycles. The Morgan fingerprint density at radius 1 is 0.619 bits per heavy atom. The van der Waals surface area contributed by atoms with Crippen LogP contribution < -0.4 is 0 Å². The minimum absolute atomic E-state index is 0.205. The first-order chi connectivity index (χ1) is 20.2. The number of rotatable bonds is 12. The molecule has 4 rings (SSSR count). The summed E-state index contributed by atoms with van der Waals surface area (Å²) in [5, 5.41) is 24.4. The van der Waals surface area contributed by atoms with E-state index in [0.29, 0.717) is 11.4 Å². The van der Waals surface area contributed by atoms with Crippen LogP contribution in [0.5, 0.6) is 11.5 Å². The topological polar surface area (TPSA) is 65.2 Å². The largest absolute Gasteiger partial charge is 0.507 e. The van der Waals surface area contributed by atoms with Gasteiger partial charge >= 0.3 is 0 Å². The number of unbranched alkanes of at least 4 members (excludes halogenated alkanes) is 2. The molecule has 0 aromatic heterocycles. The van der Waals surface area contributed by atoms with E-state index in [1.54, 1.807) is 12.4 Å². The predicted molar refractivity (Wildman–Crippen MR) is 180 cm³/mol. The summed E-state index contributed by atoms with van der Waals surface area (Å²) >= 11 is 0. The normalized spacial score (nSPS) is 12.1. The van der Waals surface area contributed by atoms with E-state index >= 15 is 0 Å². The highest BCUT2D eigenvalue weighted by atomic mass is 16.3. The SMILES string of the molecule is CCCCc1cc(C=Nc2cc3ccccc3cc2N=Cc2cc(CCCC)cc(C(C)C)c2O)c(O)c(C(C)C)c1. The van der Waals surface area contributed by atoms with Gasteiger partial charge in [-0.05, 0) is 94.8 Å². The average Bonchev–Trinajstić information content (AvgIpc) is 2.98. The fourth-order valence-corrected chi connectivity index (χ4v) is 5.32. The fraction of sp³-hybridized carbons (Fsp3) is 0.368. The number of hydrogen-bond donors (Lipinski definition) is 2. The van der Waals surface area contributed by atoms with E-state index in [1.165, 1.54) is 11.1 Å². The summed E-state index contributed by atoms with van der Waals surface area (Å²) in [6.45, 7) is 12.8. The molecule has 4 nitrogen and oxygen atoms in total. The third-order valence-corrected chi connectivity index (χ3v) is 7.87. The molecule has 0 unspecified atom stereocenters. The standard InChI is InChI=1S/C38H46N2O2/c1-7-9-13-27-17-31(37(41)33(19-27)25(3)4)23-39-35-21-29-15-11-12-16-30(29)22-36(35)40-24-32-18-28(14-10-8-2)20-34(26(5)6)38(32)42/h11-12,15-26,41-42H,7-10,13-14H2,1-6H3. The highest BCUT2D eigenvalue weighted by Gasteiger charge is 2.14. The van der Waals surface area contributed by atoms with E-state index in [-0.39, 0.29) is 23.3 Å². The number of hydrogen-bond acceptors (Lipinski definition) is 4. The van der Waals surface area contributed by atoms with Crippen molar-refractivity contribution in [2.45, 2.75) is 91.9 Å². The second-order valence-corrected chi connectivity index (χ2v) is 12.0. The summed E-state index contributed by atoms with van der Waals surface area (Å²) in [5.41, 5.74) is 7.19. The smallest absolute Gasteiger partial charge is 0.127 e. The Kier molecular flexibility index (Phi) is 10.6. The van der Waals surface area contributed by atoms with E-state index in [4.69, 9.17) is 9.98 Å². The first kappa shape index (κ1) is 31.0. The molecule has 42 heavy (non-hydrogen) atoms. The molecule has 0 radical (unpaired) electrons. The number of benzene rings is 4. The van der Waals surface area contributed by atoms with Gasteiger partial charge in [0.1, 0.15) is 11.5 Å². The highest BCUT2D eigenvalue weighted by Crippen LogP contribution is 2.36. The number of aliphatic imine (C=N–C) groups is 2. The zero-order chi connectivity index (χ0) is 30.2. The number of nitrogens with zero attached hydrogens (tertiary/aromatic N) is 2.